The van der Waals surface area contributed by atoms with Gasteiger partial charge in [0, 0.05) is 17.0 Å². The van der Waals surface area contributed by atoms with Crippen molar-refractivity contribution in [2.24, 2.45) is 4.99 Å². The molecule has 1 aliphatic heterocycles. The van der Waals surface area contributed by atoms with Crippen LogP contribution in [0.2, 0.25) is 0 Å². The van der Waals surface area contributed by atoms with Crippen molar-refractivity contribution in [3.05, 3.63) is 58.7 Å². The van der Waals surface area contributed by atoms with E-state index in [1.807, 2.05) is 12.1 Å². The van der Waals surface area contributed by atoms with E-state index in [4.69, 9.17) is 19.7 Å². The van der Waals surface area contributed by atoms with Gasteiger partial charge in [0.1, 0.15) is 6.61 Å². The lowest BCUT2D eigenvalue weighted by atomic mass is 9.74. The van der Waals surface area contributed by atoms with Gasteiger partial charge in [-0.1, -0.05) is 12.1 Å². The number of nitriles is 1. The van der Waals surface area contributed by atoms with Crippen molar-refractivity contribution in [3.63, 3.8) is 0 Å². The number of nitrogens with zero attached hydrogens (tertiary/aromatic N) is 2. The Balaban J connectivity index is 1.83. The molecule has 2 aliphatic rings. The number of aliphatic hydroxyl groups is 1. The predicted molar refractivity (Wildman–Crippen MR) is 108 cm³/mol. The van der Waals surface area contributed by atoms with Gasteiger partial charge in [-0.25, -0.2) is 8.78 Å². The fourth-order valence-electron chi connectivity index (χ4n) is 4.30. The van der Waals surface area contributed by atoms with Crippen LogP contribution in [0.15, 0.2) is 41.4 Å². The quantitative estimate of drug-likeness (QED) is 0.804. The molecule has 0 spiro atoms. The van der Waals surface area contributed by atoms with E-state index in [1.54, 1.807) is 24.3 Å². The van der Waals surface area contributed by atoms with Crippen LogP contribution in [0, 0.1) is 11.3 Å². The monoisotopic (exact) mass is 412 g/mol. The van der Waals surface area contributed by atoms with Crippen LogP contribution in [0.4, 0.5) is 8.78 Å². The molecule has 1 saturated carbocycles. The lowest BCUT2D eigenvalue weighted by Crippen LogP contribution is -2.34. The molecule has 0 bridgehead atoms. The van der Waals surface area contributed by atoms with Gasteiger partial charge >= 0.3 is 0 Å². The summed E-state index contributed by atoms with van der Waals surface area (Å²) >= 11 is 0. The van der Waals surface area contributed by atoms with Crippen molar-refractivity contribution < 1.29 is 23.4 Å². The molecule has 0 amide bonds. The van der Waals surface area contributed by atoms with Gasteiger partial charge in [0.05, 0.1) is 36.6 Å². The summed E-state index contributed by atoms with van der Waals surface area (Å²) in [6, 6.07) is 12.8. The van der Waals surface area contributed by atoms with Gasteiger partial charge in [0.2, 0.25) is 0 Å². The lowest BCUT2D eigenvalue weighted by molar-refractivity contribution is 0.0802. The van der Waals surface area contributed by atoms with Gasteiger partial charge in [-0.05, 0) is 49.1 Å². The Hall–Kier alpha value is -2.98. The Morgan fingerprint density at radius 2 is 1.97 bits per heavy atom. The van der Waals surface area contributed by atoms with E-state index < -0.39 is 19.1 Å². The fraction of sp³-hybridized carbons (Fsp3) is 0.391. The van der Waals surface area contributed by atoms with Gasteiger partial charge in [0.25, 0.3) is 6.43 Å². The van der Waals surface area contributed by atoms with Crippen molar-refractivity contribution in [2.45, 2.75) is 43.8 Å². The van der Waals surface area contributed by atoms with Crippen molar-refractivity contribution in [3.8, 4) is 17.6 Å². The zero-order valence-electron chi connectivity index (χ0n) is 16.5. The van der Waals surface area contributed by atoms with Gasteiger partial charge in [-0.2, -0.15) is 5.26 Å². The third-order valence-corrected chi connectivity index (χ3v) is 5.72. The molecule has 0 radical (unpaired) electrons. The summed E-state index contributed by atoms with van der Waals surface area (Å²) in [5.74, 6) is 0.590. The summed E-state index contributed by atoms with van der Waals surface area (Å²) in [6.07, 6.45) is -1.04. The van der Waals surface area contributed by atoms with E-state index in [1.165, 1.54) is 7.11 Å². The van der Waals surface area contributed by atoms with E-state index >= 15 is 0 Å². The number of halogens is 2. The van der Waals surface area contributed by atoms with Crippen molar-refractivity contribution >= 4 is 5.71 Å². The maximum Gasteiger partial charge on any atom is 0.272 e. The van der Waals surface area contributed by atoms with Crippen LogP contribution in [0.25, 0.3) is 0 Å². The number of aliphatic hydroxyl groups excluding tert-OH is 1. The van der Waals surface area contributed by atoms with E-state index in [0.717, 1.165) is 28.8 Å². The SMILES string of the molecule is COc1cc2c(cc1OCC(F)F)C1CC(O)CCC1N=C2c1ccc(C#N)cc1. The first-order valence-corrected chi connectivity index (χ1v) is 9.89. The fourth-order valence-corrected chi connectivity index (χ4v) is 4.30. The molecule has 1 aliphatic carbocycles. The molecule has 1 fully saturated rings. The number of hydrogen-bond donors (Lipinski definition) is 1. The molecule has 5 nitrogen and oxygen atoms in total. The number of aliphatic imine (C=N–C) groups is 1. The molecule has 0 saturated heterocycles. The molecule has 1 heterocycles. The molecule has 1 N–H and O–H groups in total. The highest BCUT2D eigenvalue weighted by atomic mass is 19.3. The van der Waals surface area contributed by atoms with Crippen LogP contribution < -0.4 is 9.47 Å². The van der Waals surface area contributed by atoms with Crippen LogP contribution in [-0.4, -0.2) is 43.1 Å². The van der Waals surface area contributed by atoms with Crippen LogP contribution in [-0.2, 0) is 0 Å². The number of rotatable bonds is 5. The molecule has 30 heavy (non-hydrogen) atoms. The Bertz CT molecular complexity index is 999. The van der Waals surface area contributed by atoms with E-state index in [0.29, 0.717) is 24.2 Å². The Kier molecular flexibility index (Phi) is 5.69. The largest absolute Gasteiger partial charge is 0.493 e. The van der Waals surface area contributed by atoms with E-state index in [-0.39, 0.29) is 17.7 Å². The average Bonchev–Trinajstić information content (AvgIpc) is 2.76. The summed E-state index contributed by atoms with van der Waals surface area (Å²) in [5, 5.41) is 19.3. The minimum atomic E-state index is -2.59. The maximum absolute atomic E-state index is 12.7. The average molecular weight is 412 g/mol. The van der Waals surface area contributed by atoms with Gasteiger partial charge in [-0.3, -0.25) is 4.99 Å². The second-order valence-corrected chi connectivity index (χ2v) is 7.60. The zero-order chi connectivity index (χ0) is 21.3. The molecule has 3 unspecified atom stereocenters. The number of ether oxygens (including phenoxy) is 2. The molecule has 7 heteroatoms. The standard InChI is InChI=1S/C23H22F2N2O3/c1-29-20-10-18-16(9-21(20)30-12-22(24)25)17-8-15(28)6-7-19(17)27-23(18)14-4-2-13(11-26)3-5-14/h2-5,9-10,15,17,19,22,28H,6-8,12H2,1H3. The predicted octanol–water partition coefficient (Wildman–Crippen LogP) is 4.06. The number of methoxy groups -OCH3 is 1. The highest BCUT2D eigenvalue weighted by molar-refractivity contribution is 6.15. The van der Waals surface area contributed by atoms with Gasteiger partial charge < -0.3 is 14.6 Å². The summed E-state index contributed by atoms with van der Waals surface area (Å²) in [6.45, 7) is -0.720. The molecular formula is C23H22F2N2O3. The van der Waals surface area contributed by atoms with Gasteiger partial charge in [0.15, 0.2) is 11.5 Å². The first kappa shape index (κ1) is 20.3. The number of hydrogen-bond acceptors (Lipinski definition) is 5. The first-order chi connectivity index (χ1) is 14.5. The smallest absolute Gasteiger partial charge is 0.272 e. The summed E-state index contributed by atoms with van der Waals surface area (Å²) in [7, 11) is 1.46. The second kappa shape index (κ2) is 8.41. The topological polar surface area (TPSA) is 74.8 Å². The zero-order valence-corrected chi connectivity index (χ0v) is 16.5. The third kappa shape index (κ3) is 3.88. The lowest BCUT2D eigenvalue weighted by Gasteiger charge is -2.37. The molecule has 2 aromatic rings. The third-order valence-electron chi connectivity index (χ3n) is 5.72. The van der Waals surface area contributed by atoms with Crippen LogP contribution in [0.5, 0.6) is 11.5 Å². The van der Waals surface area contributed by atoms with Crippen LogP contribution in [0.3, 0.4) is 0 Å². The second-order valence-electron chi connectivity index (χ2n) is 7.60. The van der Waals surface area contributed by atoms with Crippen molar-refractivity contribution in [2.75, 3.05) is 13.7 Å². The number of benzene rings is 2. The summed E-state index contributed by atoms with van der Waals surface area (Å²) in [4.78, 5) is 4.99. The minimum Gasteiger partial charge on any atom is -0.493 e. The molecule has 156 valence electrons. The highest BCUT2D eigenvalue weighted by Crippen LogP contribution is 2.45. The molecule has 4 rings (SSSR count). The summed E-state index contributed by atoms with van der Waals surface area (Å²) in [5.41, 5.74) is 3.94. The van der Waals surface area contributed by atoms with E-state index in [2.05, 4.69) is 6.07 Å². The van der Waals surface area contributed by atoms with Crippen LogP contribution in [0.1, 0.15) is 47.4 Å². The molecule has 3 atom stereocenters. The minimum absolute atomic E-state index is 0.0112. The van der Waals surface area contributed by atoms with Crippen molar-refractivity contribution in [1.29, 1.82) is 5.26 Å². The Morgan fingerprint density at radius 1 is 1.20 bits per heavy atom. The summed E-state index contributed by atoms with van der Waals surface area (Å²) < 4.78 is 36.2. The normalized spacial score (nSPS) is 22.5. The molecular weight excluding hydrogens is 390 g/mol. The molecule has 2 aromatic carbocycles. The highest BCUT2D eigenvalue weighted by Gasteiger charge is 2.37. The Morgan fingerprint density at radius 3 is 2.63 bits per heavy atom. The number of alkyl halides is 2. The van der Waals surface area contributed by atoms with E-state index in [9.17, 15) is 13.9 Å². The van der Waals surface area contributed by atoms with Crippen LogP contribution >= 0.6 is 0 Å². The van der Waals surface area contributed by atoms with Gasteiger partial charge in [-0.15, -0.1) is 0 Å². The Labute approximate surface area is 173 Å². The number of fused-ring (bicyclic) bond motifs is 3. The maximum atomic E-state index is 12.7. The van der Waals surface area contributed by atoms with Crippen molar-refractivity contribution in [1.82, 2.24) is 0 Å². The first-order valence-electron chi connectivity index (χ1n) is 9.89. The molecule has 0 aromatic heterocycles.